The number of benzene rings is 1. The Hall–Kier alpha value is -2.59. The van der Waals surface area contributed by atoms with Crippen LogP contribution in [0.5, 0.6) is 0 Å². The zero-order chi connectivity index (χ0) is 19.8. The van der Waals surface area contributed by atoms with Crippen molar-refractivity contribution >= 4 is 55.3 Å². The monoisotopic (exact) mass is 462 g/mol. The van der Waals surface area contributed by atoms with Crippen LogP contribution in [0, 0.1) is 5.82 Å². The maximum Gasteiger partial charge on any atom is 0.203 e. The van der Waals surface area contributed by atoms with Crippen molar-refractivity contribution in [3.63, 3.8) is 0 Å². The molecule has 144 valence electrons. The summed E-state index contributed by atoms with van der Waals surface area (Å²) in [4.78, 5) is 13.0. The van der Waals surface area contributed by atoms with E-state index in [0.717, 1.165) is 9.86 Å². The van der Waals surface area contributed by atoms with Gasteiger partial charge in [0.25, 0.3) is 0 Å². The summed E-state index contributed by atoms with van der Waals surface area (Å²) in [7, 11) is 0.239. The SMILES string of the molecule is CN1C(N)=NC(c2cc(Nc3nccc4cc(Br)cnc34)ccc2F)CS1=O. The van der Waals surface area contributed by atoms with Crippen molar-refractivity contribution < 1.29 is 8.60 Å². The van der Waals surface area contributed by atoms with Crippen molar-refractivity contribution in [1.29, 1.82) is 0 Å². The summed E-state index contributed by atoms with van der Waals surface area (Å²) in [6.07, 6.45) is 3.37. The minimum Gasteiger partial charge on any atom is -0.369 e. The van der Waals surface area contributed by atoms with Crippen molar-refractivity contribution in [2.75, 3.05) is 18.1 Å². The summed E-state index contributed by atoms with van der Waals surface area (Å²) in [6.45, 7) is 0. The van der Waals surface area contributed by atoms with Gasteiger partial charge in [-0.25, -0.2) is 18.6 Å². The Morgan fingerprint density at radius 1 is 1.32 bits per heavy atom. The van der Waals surface area contributed by atoms with E-state index >= 15 is 0 Å². The highest BCUT2D eigenvalue weighted by Gasteiger charge is 2.27. The van der Waals surface area contributed by atoms with E-state index in [0.29, 0.717) is 22.6 Å². The first kappa shape index (κ1) is 18.8. The van der Waals surface area contributed by atoms with Gasteiger partial charge in [0, 0.05) is 40.6 Å². The van der Waals surface area contributed by atoms with Gasteiger partial charge in [-0.1, -0.05) is 0 Å². The van der Waals surface area contributed by atoms with E-state index in [9.17, 15) is 8.60 Å². The fourth-order valence-corrected chi connectivity index (χ4v) is 4.28. The van der Waals surface area contributed by atoms with Gasteiger partial charge < -0.3 is 11.1 Å². The van der Waals surface area contributed by atoms with Crippen LogP contribution in [0.1, 0.15) is 11.6 Å². The minimum atomic E-state index is -1.36. The third-order valence-corrected chi connectivity index (χ3v) is 6.23. The first-order chi connectivity index (χ1) is 13.4. The minimum absolute atomic E-state index is 0.123. The summed E-state index contributed by atoms with van der Waals surface area (Å²) in [5.74, 6) is 0.414. The average Bonchev–Trinajstić information content (AvgIpc) is 2.67. The first-order valence-electron chi connectivity index (χ1n) is 8.34. The number of anilines is 2. The molecule has 28 heavy (non-hydrogen) atoms. The predicted molar refractivity (Wildman–Crippen MR) is 112 cm³/mol. The molecule has 4 rings (SSSR count). The third-order valence-electron chi connectivity index (χ3n) is 4.40. The molecule has 7 nitrogen and oxygen atoms in total. The van der Waals surface area contributed by atoms with E-state index < -0.39 is 22.8 Å². The molecule has 1 aliphatic rings. The Morgan fingerprint density at radius 3 is 2.93 bits per heavy atom. The lowest BCUT2D eigenvalue weighted by Crippen LogP contribution is -2.41. The number of aromatic nitrogens is 2. The van der Waals surface area contributed by atoms with Crippen LogP contribution in [-0.4, -0.2) is 37.2 Å². The van der Waals surface area contributed by atoms with Crippen molar-refractivity contribution in [2.45, 2.75) is 6.04 Å². The molecule has 0 aliphatic carbocycles. The highest BCUT2D eigenvalue weighted by atomic mass is 79.9. The zero-order valence-electron chi connectivity index (χ0n) is 14.8. The number of nitrogens with two attached hydrogens (primary N) is 1. The summed E-state index contributed by atoms with van der Waals surface area (Å²) >= 11 is 3.40. The van der Waals surface area contributed by atoms with Crippen molar-refractivity contribution in [3.8, 4) is 0 Å². The van der Waals surface area contributed by atoms with Gasteiger partial charge in [0.15, 0.2) is 5.82 Å². The average molecular weight is 463 g/mol. The van der Waals surface area contributed by atoms with Gasteiger partial charge >= 0.3 is 0 Å². The smallest absolute Gasteiger partial charge is 0.203 e. The predicted octanol–water partition coefficient (Wildman–Crippen LogP) is 3.24. The van der Waals surface area contributed by atoms with Gasteiger partial charge in [0.1, 0.15) is 22.3 Å². The van der Waals surface area contributed by atoms with Crippen molar-refractivity contribution in [3.05, 3.63) is 58.6 Å². The molecule has 1 aromatic carbocycles. The molecule has 2 atom stereocenters. The Bertz CT molecular complexity index is 1120. The molecule has 2 unspecified atom stereocenters. The standard InChI is InChI=1S/C18H16BrFN6OS/c1-26-18(21)25-15(9-28(26)27)13-7-12(2-3-14(13)20)24-17-16-10(4-5-22-17)6-11(19)8-23-16/h2-8,15H,9H2,1H3,(H2,21,25)(H,22,24). The maximum atomic E-state index is 14.5. The van der Waals surface area contributed by atoms with Crippen LogP contribution in [0.15, 0.2) is 52.2 Å². The van der Waals surface area contributed by atoms with E-state index in [1.54, 1.807) is 31.6 Å². The molecule has 0 bridgehead atoms. The Labute approximate surface area is 171 Å². The van der Waals surface area contributed by atoms with Gasteiger partial charge in [0.05, 0.1) is 11.8 Å². The number of guanidine groups is 1. The second-order valence-corrected chi connectivity index (χ2v) is 8.67. The lowest BCUT2D eigenvalue weighted by atomic mass is 10.1. The van der Waals surface area contributed by atoms with Gasteiger partial charge in [-0.2, -0.15) is 0 Å². The van der Waals surface area contributed by atoms with Crippen molar-refractivity contribution in [1.82, 2.24) is 14.3 Å². The molecular weight excluding hydrogens is 447 g/mol. The molecule has 3 aromatic rings. The number of aliphatic imine (C=N–C) groups is 1. The van der Waals surface area contributed by atoms with Crippen LogP contribution in [-0.2, 0) is 11.0 Å². The molecule has 0 fully saturated rings. The lowest BCUT2D eigenvalue weighted by molar-refractivity contribution is 0.578. The number of nitrogens with zero attached hydrogens (tertiary/aromatic N) is 4. The summed E-state index contributed by atoms with van der Waals surface area (Å²) < 4.78 is 28.9. The molecule has 0 saturated heterocycles. The fraction of sp³-hybridized carbons (Fsp3) is 0.167. The van der Waals surface area contributed by atoms with Gasteiger partial charge in [0.2, 0.25) is 5.96 Å². The van der Waals surface area contributed by atoms with Crippen LogP contribution < -0.4 is 11.1 Å². The molecule has 10 heteroatoms. The largest absolute Gasteiger partial charge is 0.369 e. The number of nitrogens with one attached hydrogen (secondary N) is 1. The third kappa shape index (κ3) is 3.57. The second-order valence-electron chi connectivity index (χ2n) is 6.23. The Morgan fingerprint density at radius 2 is 2.14 bits per heavy atom. The quantitative estimate of drug-likeness (QED) is 0.622. The van der Waals surface area contributed by atoms with Crippen LogP contribution >= 0.6 is 15.9 Å². The number of pyridine rings is 2. The molecule has 0 amide bonds. The van der Waals surface area contributed by atoms with Crippen LogP contribution in [0.25, 0.3) is 10.9 Å². The van der Waals surface area contributed by atoms with E-state index in [1.165, 1.54) is 10.4 Å². The van der Waals surface area contributed by atoms with Gasteiger partial charge in [-0.05, 0) is 46.3 Å². The molecule has 0 saturated carbocycles. The highest BCUT2D eigenvalue weighted by Crippen LogP contribution is 2.30. The molecule has 2 aromatic heterocycles. The Balaban J connectivity index is 1.70. The van der Waals surface area contributed by atoms with E-state index in [4.69, 9.17) is 5.73 Å². The molecular formula is C18H16BrFN6OS. The molecule has 0 spiro atoms. The van der Waals surface area contributed by atoms with Gasteiger partial charge in [-0.15, -0.1) is 0 Å². The lowest BCUT2D eigenvalue weighted by Gasteiger charge is -2.26. The molecule has 3 N–H and O–H groups in total. The fourth-order valence-electron chi connectivity index (χ4n) is 2.93. The van der Waals surface area contributed by atoms with Crippen molar-refractivity contribution in [2.24, 2.45) is 10.7 Å². The number of hydrogen-bond acceptors (Lipinski definition) is 6. The van der Waals surface area contributed by atoms with Gasteiger partial charge in [-0.3, -0.25) is 9.29 Å². The first-order valence-corrected chi connectivity index (χ1v) is 10.4. The number of halogens is 2. The maximum absolute atomic E-state index is 14.5. The second kappa shape index (κ2) is 7.44. The summed E-state index contributed by atoms with van der Waals surface area (Å²) in [6, 6.07) is 7.78. The van der Waals surface area contributed by atoms with Crippen LogP contribution in [0.4, 0.5) is 15.9 Å². The molecule has 0 radical (unpaired) electrons. The molecule has 1 aliphatic heterocycles. The topological polar surface area (TPSA) is 96.5 Å². The van der Waals surface area contributed by atoms with E-state index in [1.807, 2.05) is 12.1 Å². The van der Waals surface area contributed by atoms with Crippen LogP contribution in [0.2, 0.25) is 0 Å². The number of rotatable bonds is 3. The normalized spacial score (nSPS) is 19.5. The number of fused-ring (bicyclic) bond motifs is 1. The van der Waals surface area contributed by atoms with E-state index in [2.05, 4.69) is 36.2 Å². The Kier molecular flexibility index (Phi) is 4.98. The highest BCUT2D eigenvalue weighted by molar-refractivity contribution is 9.10. The zero-order valence-corrected chi connectivity index (χ0v) is 17.2. The van der Waals surface area contributed by atoms with E-state index in [-0.39, 0.29) is 11.7 Å². The summed E-state index contributed by atoms with van der Waals surface area (Å²) in [5, 5.41) is 4.10. The number of hydrogen-bond donors (Lipinski definition) is 2. The molecule has 3 heterocycles. The summed E-state index contributed by atoms with van der Waals surface area (Å²) in [5.41, 5.74) is 7.45. The van der Waals surface area contributed by atoms with Crippen LogP contribution in [0.3, 0.4) is 0 Å².